The number of benzene rings is 1. The highest BCUT2D eigenvalue weighted by Gasteiger charge is 2.64. The van der Waals surface area contributed by atoms with Gasteiger partial charge in [-0.15, -0.1) is 10.2 Å². The van der Waals surface area contributed by atoms with E-state index >= 15 is 0 Å². The first kappa shape index (κ1) is 27.2. The number of aromatic amines is 1. The minimum absolute atomic E-state index is 0.101. The molecule has 1 aromatic carbocycles. The molecule has 3 saturated carbocycles. The van der Waals surface area contributed by atoms with Crippen LogP contribution in [0.2, 0.25) is 0 Å². The highest BCUT2D eigenvalue weighted by atomic mass is 19.4. The number of H-pyrrole nitrogens is 1. The van der Waals surface area contributed by atoms with Crippen LogP contribution in [0.15, 0.2) is 47.7 Å². The fraction of sp³-hybridized carbons (Fsp3) is 0.545. The van der Waals surface area contributed by atoms with Gasteiger partial charge in [0.25, 0.3) is 5.56 Å². The van der Waals surface area contributed by atoms with Crippen LogP contribution < -0.4 is 5.56 Å². The molecule has 0 radical (unpaired) electrons. The molecule has 1 spiro atoms. The third-order valence-corrected chi connectivity index (χ3v) is 10.4. The maximum atomic E-state index is 14.0. The van der Waals surface area contributed by atoms with Gasteiger partial charge >= 0.3 is 6.18 Å². The molecule has 4 aromatic rings. The number of hydrogen-bond acceptors (Lipinski definition) is 4. The van der Waals surface area contributed by atoms with Gasteiger partial charge in [-0.05, 0) is 104 Å². The molecule has 0 amide bonds. The molecule has 0 bridgehead atoms. The second-order valence-electron chi connectivity index (χ2n) is 14.0. The van der Waals surface area contributed by atoms with E-state index in [1.165, 1.54) is 24.7 Å². The maximum Gasteiger partial charge on any atom is 0.406 e. The van der Waals surface area contributed by atoms with E-state index in [1.807, 2.05) is 30.5 Å². The summed E-state index contributed by atoms with van der Waals surface area (Å²) in [4.78, 5) is 20.0. The number of hydrogen-bond donors (Lipinski definition) is 1. The molecule has 3 aromatic heterocycles. The first-order valence-electron chi connectivity index (χ1n) is 15.7. The molecule has 7 nitrogen and oxygen atoms in total. The monoisotopic (exact) mass is 590 g/mol. The van der Waals surface area contributed by atoms with Crippen molar-refractivity contribution >= 4 is 10.9 Å². The molecule has 1 aliphatic heterocycles. The summed E-state index contributed by atoms with van der Waals surface area (Å²) >= 11 is 0. The quantitative estimate of drug-likeness (QED) is 0.269. The molecule has 10 heteroatoms. The first-order valence-corrected chi connectivity index (χ1v) is 15.7. The van der Waals surface area contributed by atoms with E-state index in [1.54, 1.807) is 4.57 Å². The highest BCUT2D eigenvalue weighted by molar-refractivity contribution is 5.84. The van der Waals surface area contributed by atoms with Crippen LogP contribution in [0.5, 0.6) is 0 Å². The Labute approximate surface area is 248 Å². The fourth-order valence-corrected chi connectivity index (χ4v) is 8.10. The minimum Gasteiger partial charge on any atom is -0.353 e. The summed E-state index contributed by atoms with van der Waals surface area (Å²) in [6.45, 7) is 4.14. The van der Waals surface area contributed by atoms with Crippen molar-refractivity contribution in [3.63, 3.8) is 0 Å². The summed E-state index contributed by atoms with van der Waals surface area (Å²) in [5.41, 5.74) is 3.94. The molecule has 8 rings (SSSR count). The number of pyridine rings is 1. The number of fused-ring (bicyclic) bond motifs is 1. The maximum absolute atomic E-state index is 14.0. The summed E-state index contributed by atoms with van der Waals surface area (Å²) in [5, 5.41) is 9.19. The third kappa shape index (κ3) is 4.82. The zero-order chi connectivity index (χ0) is 29.6. The number of nitrogens with one attached hydrogen (secondary N) is 1. The van der Waals surface area contributed by atoms with E-state index in [9.17, 15) is 18.0 Å². The second kappa shape index (κ2) is 9.55. The molecule has 226 valence electrons. The Kier molecular flexibility index (Phi) is 6.03. The fourth-order valence-electron chi connectivity index (χ4n) is 8.10. The predicted molar refractivity (Wildman–Crippen MR) is 157 cm³/mol. The second-order valence-corrected chi connectivity index (χ2v) is 14.0. The van der Waals surface area contributed by atoms with Gasteiger partial charge in [-0.1, -0.05) is 19.1 Å². The number of alkyl halides is 3. The smallest absolute Gasteiger partial charge is 0.353 e. The number of aromatic nitrogens is 5. The Balaban J connectivity index is 1.19. The lowest BCUT2D eigenvalue weighted by Crippen LogP contribution is -2.46. The predicted octanol–water partition coefficient (Wildman–Crippen LogP) is 6.44. The highest BCUT2D eigenvalue weighted by Crippen LogP contribution is 2.70. The van der Waals surface area contributed by atoms with Crippen molar-refractivity contribution in [3.05, 3.63) is 75.9 Å². The molecule has 43 heavy (non-hydrogen) atoms. The Hall–Kier alpha value is -3.40. The zero-order valence-electron chi connectivity index (χ0n) is 24.5. The van der Waals surface area contributed by atoms with Crippen molar-refractivity contribution in [3.8, 4) is 5.69 Å². The Bertz CT molecular complexity index is 1750. The van der Waals surface area contributed by atoms with E-state index < -0.39 is 18.1 Å². The van der Waals surface area contributed by atoms with E-state index in [2.05, 4.69) is 33.1 Å². The van der Waals surface area contributed by atoms with Crippen LogP contribution in [-0.2, 0) is 18.5 Å². The molecule has 4 fully saturated rings. The number of likely N-dealkylation sites (tertiary alicyclic amines) is 1. The summed E-state index contributed by atoms with van der Waals surface area (Å²) in [6, 6.07) is 9.98. The Morgan fingerprint density at radius 1 is 1.12 bits per heavy atom. The summed E-state index contributed by atoms with van der Waals surface area (Å²) < 4.78 is 43.3. The Morgan fingerprint density at radius 3 is 2.65 bits per heavy atom. The van der Waals surface area contributed by atoms with E-state index in [-0.39, 0.29) is 11.0 Å². The summed E-state index contributed by atoms with van der Waals surface area (Å²) in [7, 11) is 0. The van der Waals surface area contributed by atoms with Gasteiger partial charge in [-0.25, -0.2) is 0 Å². The SMILES string of the molecule is C[C@H]1CCCN(Cc2cc3c(C4CC4)cn(-c4cccc(C5(c6nncn6CC(F)(F)F)CC6(CC6)C5)c4)c(=O)c3[nH]2)C1. The van der Waals surface area contributed by atoms with Gasteiger partial charge in [0.1, 0.15) is 24.2 Å². The lowest BCUT2D eigenvalue weighted by atomic mass is 9.56. The van der Waals surface area contributed by atoms with E-state index in [0.29, 0.717) is 23.2 Å². The Morgan fingerprint density at radius 2 is 1.93 bits per heavy atom. The van der Waals surface area contributed by atoms with Gasteiger partial charge in [0, 0.05) is 36.1 Å². The standard InChI is InChI=1S/C33H37F3N6O/c1-21-4-3-11-40(14-21)15-24-13-26-27(22-7-8-22)16-42(29(43)28(26)38-24)25-6-2-5-23(12-25)32(17-31(18-32)9-10-31)30-39-37-20-41(30)19-33(34,35)36/h2,5-6,12-13,16,20-22,38H,3-4,7-11,14-15,17-19H2,1H3/t21-/m0/s1. The summed E-state index contributed by atoms with van der Waals surface area (Å²) in [5.74, 6) is 1.48. The van der Waals surface area contributed by atoms with Crippen molar-refractivity contribution < 1.29 is 13.2 Å². The zero-order valence-corrected chi connectivity index (χ0v) is 24.5. The molecule has 0 unspecified atom stereocenters. The van der Waals surface area contributed by atoms with Crippen LogP contribution in [0, 0.1) is 11.3 Å². The molecular formula is C33H37F3N6O. The van der Waals surface area contributed by atoms with Gasteiger partial charge in [0.15, 0.2) is 0 Å². The van der Waals surface area contributed by atoms with Crippen LogP contribution in [-0.4, -0.2) is 48.5 Å². The van der Waals surface area contributed by atoms with Gasteiger partial charge in [0.05, 0.1) is 5.41 Å². The van der Waals surface area contributed by atoms with Crippen molar-refractivity contribution in [2.75, 3.05) is 13.1 Å². The van der Waals surface area contributed by atoms with E-state index in [0.717, 1.165) is 85.1 Å². The molecule has 1 atom stereocenters. The van der Waals surface area contributed by atoms with Gasteiger partial charge in [-0.3, -0.25) is 14.3 Å². The van der Waals surface area contributed by atoms with Crippen LogP contribution in [0.3, 0.4) is 0 Å². The van der Waals surface area contributed by atoms with Crippen molar-refractivity contribution in [2.45, 2.75) is 88.9 Å². The van der Waals surface area contributed by atoms with Crippen LogP contribution in [0.4, 0.5) is 13.2 Å². The molecule has 4 heterocycles. The number of halogens is 3. The lowest BCUT2D eigenvalue weighted by Gasteiger charge is -2.48. The number of rotatable bonds is 7. The van der Waals surface area contributed by atoms with Gasteiger partial charge in [0.2, 0.25) is 0 Å². The van der Waals surface area contributed by atoms with Crippen molar-refractivity contribution in [1.82, 2.24) is 29.2 Å². The largest absolute Gasteiger partial charge is 0.406 e. The molecule has 3 aliphatic carbocycles. The topological polar surface area (TPSA) is 71.7 Å². The average molecular weight is 591 g/mol. The summed E-state index contributed by atoms with van der Waals surface area (Å²) in [6.07, 6.45) is 7.19. The molecule has 1 N–H and O–H groups in total. The average Bonchev–Trinajstić information content (AvgIpc) is 3.85. The molecular weight excluding hydrogens is 553 g/mol. The molecule has 4 aliphatic rings. The number of nitrogens with zero attached hydrogens (tertiary/aromatic N) is 5. The lowest BCUT2D eigenvalue weighted by molar-refractivity contribution is -0.141. The van der Waals surface area contributed by atoms with Crippen LogP contribution >= 0.6 is 0 Å². The minimum atomic E-state index is -4.37. The van der Waals surface area contributed by atoms with Gasteiger partial charge in [-0.2, -0.15) is 13.2 Å². The third-order valence-electron chi connectivity index (χ3n) is 10.4. The van der Waals surface area contributed by atoms with Crippen LogP contribution in [0.1, 0.15) is 86.9 Å². The van der Waals surface area contributed by atoms with Gasteiger partial charge < -0.3 is 9.55 Å². The van der Waals surface area contributed by atoms with Crippen LogP contribution in [0.25, 0.3) is 16.6 Å². The normalized spacial score (nSPS) is 23.1. The van der Waals surface area contributed by atoms with E-state index in [4.69, 9.17) is 0 Å². The van der Waals surface area contributed by atoms with Crippen molar-refractivity contribution in [1.29, 1.82) is 0 Å². The van der Waals surface area contributed by atoms with Crippen molar-refractivity contribution in [2.24, 2.45) is 11.3 Å². The molecule has 1 saturated heterocycles. The first-order chi connectivity index (χ1) is 20.6. The number of piperidine rings is 1.